The molecule has 0 aliphatic carbocycles. The molecule has 20 heavy (non-hydrogen) atoms. The van der Waals surface area contributed by atoms with Crippen LogP contribution >= 0.6 is 0 Å². The summed E-state index contributed by atoms with van der Waals surface area (Å²) in [5, 5.41) is 3.66. The van der Waals surface area contributed by atoms with Gasteiger partial charge in [-0.25, -0.2) is 0 Å². The topological polar surface area (TPSA) is 29.1 Å². The van der Waals surface area contributed by atoms with Gasteiger partial charge < -0.3 is 5.32 Å². The lowest BCUT2D eigenvalue weighted by molar-refractivity contribution is 0.549. The van der Waals surface area contributed by atoms with Crippen molar-refractivity contribution in [3.63, 3.8) is 0 Å². The van der Waals surface area contributed by atoms with E-state index in [4.69, 9.17) is 0 Å². The van der Waals surface area contributed by atoms with Crippen molar-refractivity contribution in [3.05, 3.63) is 35.4 Å². The second-order valence-electron chi connectivity index (χ2n) is 5.84. The van der Waals surface area contributed by atoms with Crippen molar-refractivity contribution in [2.75, 3.05) is 7.05 Å². The first-order valence-electron chi connectivity index (χ1n) is 7.57. The second kappa shape index (κ2) is 7.94. The van der Waals surface area contributed by atoms with Crippen molar-refractivity contribution in [2.45, 2.75) is 57.6 Å². The zero-order valence-electron chi connectivity index (χ0n) is 13.6. The first-order valence-corrected chi connectivity index (χ1v) is 8.85. The highest BCUT2D eigenvalue weighted by Crippen LogP contribution is 2.24. The molecule has 4 unspecified atom stereocenters. The maximum absolute atomic E-state index is 12.7. The summed E-state index contributed by atoms with van der Waals surface area (Å²) in [6.45, 7) is 10.6. The van der Waals surface area contributed by atoms with E-state index in [0.717, 1.165) is 6.42 Å². The average molecular weight is 295 g/mol. The summed E-state index contributed by atoms with van der Waals surface area (Å²) in [4.78, 5) is 0. The molecule has 4 atom stereocenters. The fourth-order valence-electron chi connectivity index (χ4n) is 2.37. The minimum atomic E-state index is -0.840. The summed E-state index contributed by atoms with van der Waals surface area (Å²) in [6.07, 6.45) is 1.05. The van der Waals surface area contributed by atoms with Crippen LogP contribution in [0.1, 0.15) is 51.8 Å². The number of hydrogen-bond acceptors (Lipinski definition) is 2. The summed E-state index contributed by atoms with van der Waals surface area (Å²) in [7, 11) is 1.11. The standard InChI is InChI=1S/C17H29NOS/c1-7-15-8-10-16(11-9-15)17(18-6)14(5)20(19)13(4)12(2)3/h8-14,17-18H,7H2,1-6H3. The van der Waals surface area contributed by atoms with E-state index in [9.17, 15) is 4.21 Å². The Kier molecular flexibility index (Phi) is 6.90. The van der Waals surface area contributed by atoms with Crippen LogP contribution in [0.4, 0.5) is 0 Å². The minimum Gasteiger partial charge on any atom is -0.312 e. The minimum absolute atomic E-state index is 0.102. The smallest absolute Gasteiger partial charge is 0.0517 e. The molecule has 0 spiro atoms. The van der Waals surface area contributed by atoms with E-state index in [1.807, 2.05) is 7.05 Å². The first-order chi connectivity index (χ1) is 9.42. The second-order valence-corrected chi connectivity index (χ2v) is 7.99. The molecule has 0 aliphatic heterocycles. The van der Waals surface area contributed by atoms with Gasteiger partial charge in [-0.2, -0.15) is 0 Å². The van der Waals surface area contributed by atoms with Crippen LogP contribution < -0.4 is 5.32 Å². The van der Waals surface area contributed by atoms with E-state index < -0.39 is 10.8 Å². The van der Waals surface area contributed by atoms with Crippen LogP contribution in [0.25, 0.3) is 0 Å². The lowest BCUT2D eigenvalue weighted by atomic mass is 10.0. The molecule has 114 valence electrons. The highest BCUT2D eigenvalue weighted by molar-refractivity contribution is 7.86. The average Bonchev–Trinajstić information content (AvgIpc) is 2.46. The van der Waals surface area contributed by atoms with Gasteiger partial charge in [-0.05, 0) is 37.4 Å². The van der Waals surface area contributed by atoms with Crippen LogP contribution in [0.15, 0.2) is 24.3 Å². The van der Waals surface area contributed by atoms with Gasteiger partial charge in [0.15, 0.2) is 0 Å². The van der Waals surface area contributed by atoms with Gasteiger partial charge in [-0.3, -0.25) is 4.21 Å². The molecule has 0 fully saturated rings. The lowest BCUT2D eigenvalue weighted by Crippen LogP contribution is -2.35. The summed E-state index contributed by atoms with van der Waals surface area (Å²) in [5.74, 6) is 0.443. The van der Waals surface area contributed by atoms with Crippen molar-refractivity contribution < 1.29 is 4.21 Å². The first kappa shape index (κ1) is 17.4. The maximum Gasteiger partial charge on any atom is 0.0517 e. The van der Waals surface area contributed by atoms with E-state index in [1.54, 1.807) is 0 Å². The van der Waals surface area contributed by atoms with Crippen LogP contribution in [0.5, 0.6) is 0 Å². The van der Waals surface area contributed by atoms with Gasteiger partial charge in [0.05, 0.1) is 5.25 Å². The van der Waals surface area contributed by atoms with E-state index in [1.165, 1.54) is 11.1 Å². The lowest BCUT2D eigenvalue weighted by Gasteiger charge is -2.27. The maximum atomic E-state index is 12.7. The Hall–Kier alpha value is -0.670. The zero-order chi connectivity index (χ0) is 15.3. The molecule has 2 nitrogen and oxygen atoms in total. The van der Waals surface area contributed by atoms with Crippen molar-refractivity contribution in [2.24, 2.45) is 5.92 Å². The molecule has 0 bridgehead atoms. The van der Waals surface area contributed by atoms with Gasteiger partial charge >= 0.3 is 0 Å². The molecule has 1 N–H and O–H groups in total. The van der Waals surface area contributed by atoms with Crippen molar-refractivity contribution in [1.82, 2.24) is 5.32 Å². The van der Waals surface area contributed by atoms with Gasteiger partial charge in [0.1, 0.15) is 0 Å². The summed E-state index contributed by atoms with van der Waals surface area (Å²) >= 11 is 0. The molecule has 1 aromatic carbocycles. The molecule has 0 saturated carbocycles. The zero-order valence-corrected chi connectivity index (χ0v) is 14.5. The molecular formula is C17H29NOS. The number of hydrogen-bond donors (Lipinski definition) is 1. The fraction of sp³-hybridized carbons (Fsp3) is 0.647. The molecule has 0 radical (unpaired) electrons. The highest BCUT2D eigenvalue weighted by Gasteiger charge is 2.27. The highest BCUT2D eigenvalue weighted by atomic mass is 32.2. The molecule has 0 aromatic heterocycles. The Morgan fingerprint density at radius 2 is 1.60 bits per heavy atom. The SMILES string of the molecule is CCc1ccc(C(NC)C(C)S(=O)C(C)C(C)C)cc1. The fourth-order valence-corrected chi connectivity index (χ4v) is 4.15. The molecule has 1 aromatic rings. The Labute approximate surface area is 126 Å². The number of benzene rings is 1. The Bertz CT molecular complexity index is 427. The number of nitrogens with one attached hydrogen (secondary N) is 1. The Balaban J connectivity index is 2.91. The third kappa shape index (κ3) is 4.16. The molecule has 0 amide bonds. The van der Waals surface area contributed by atoms with E-state index in [2.05, 4.69) is 64.2 Å². The van der Waals surface area contributed by atoms with E-state index >= 15 is 0 Å². The Morgan fingerprint density at radius 1 is 1.05 bits per heavy atom. The molecule has 0 aliphatic rings. The van der Waals surface area contributed by atoms with Crippen LogP contribution in [-0.2, 0) is 17.2 Å². The van der Waals surface area contributed by atoms with Gasteiger partial charge in [0.25, 0.3) is 0 Å². The van der Waals surface area contributed by atoms with Gasteiger partial charge in [-0.1, -0.05) is 52.0 Å². The predicted molar refractivity (Wildman–Crippen MR) is 89.5 cm³/mol. The third-order valence-corrected chi connectivity index (χ3v) is 6.48. The summed E-state index contributed by atoms with van der Waals surface area (Å²) < 4.78 is 12.7. The van der Waals surface area contributed by atoms with Crippen LogP contribution in [0.2, 0.25) is 0 Å². The van der Waals surface area contributed by atoms with E-state index in [0.29, 0.717) is 5.92 Å². The van der Waals surface area contributed by atoms with E-state index in [-0.39, 0.29) is 16.5 Å². The Morgan fingerprint density at radius 3 is 2.00 bits per heavy atom. The van der Waals surface area contributed by atoms with Gasteiger partial charge in [0, 0.05) is 22.1 Å². The normalized spacial score (nSPS) is 17.8. The molecular weight excluding hydrogens is 266 g/mol. The van der Waals surface area contributed by atoms with Crippen molar-refractivity contribution in [1.29, 1.82) is 0 Å². The molecule has 3 heteroatoms. The van der Waals surface area contributed by atoms with Gasteiger partial charge in [-0.15, -0.1) is 0 Å². The molecule has 1 rings (SSSR count). The molecule has 0 heterocycles. The predicted octanol–water partition coefficient (Wildman–Crippen LogP) is 3.69. The monoisotopic (exact) mass is 295 g/mol. The van der Waals surface area contributed by atoms with Crippen LogP contribution in [0.3, 0.4) is 0 Å². The summed E-state index contributed by atoms with van der Waals surface area (Å²) in [6, 6.07) is 8.80. The van der Waals surface area contributed by atoms with Crippen LogP contribution in [0, 0.1) is 5.92 Å². The van der Waals surface area contributed by atoms with Crippen molar-refractivity contribution in [3.8, 4) is 0 Å². The number of rotatable bonds is 7. The summed E-state index contributed by atoms with van der Waals surface area (Å²) in [5.41, 5.74) is 2.56. The van der Waals surface area contributed by atoms with Crippen LogP contribution in [-0.4, -0.2) is 21.8 Å². The number of aryl methyl sites for hydroxylation is 1. The quantitative estimate of drug-likeness (QED) is 0.831. The molecule has 0 saturated heterocycles. The van der Waals surface area contributed by atoms with Crippen molar-refractivity contribution >= 4 is 10.8 Å². The van der Waals surface area contributed by atoms with Gasteiger partial charge in [0.2, 0.25) is 0 Å². The largest absolute Gasteiger partial charge is 0.312 e. The third-order valence-electron chi connectivity index (χ3n) is 4.20.